The average Bonchev–Trinajstić information content (AvgIpc) is 2.51. The van der Waals surface area contributed by atoms with Crippen molar-refractivity contribution >= 4 is 5.97 Å². The van der Waals surface area contributed by atoms with Gasteiger partial charge in [0.05, 0.1) is 6.10 Å². The number of ether oxygens (including phenoxy) is 2. The van der Waals surface area contributed by atoms with Gasteiger partial charge in [0, 0.05) is 0 Å². The second-order valence-corrected chi connectivity index (χ2v) is 12.0. The predicted octanol–water partition coefficient (Wildman–Crippen LogP) is 6.36. The van der Waals surface area contributed by atoms with Gasteiger partial charge < -0.3 is 9.47 Å². The minimum absolute atomic E-state index is 0.0214. The summed E-state index contributed by atoms with van der Waals surface area (Å²) in [5, 5.41) is 0. The standard InChI is InChI=1S/C23H37F3O3/c1-20(2,3)12-22(21(4,5)6,23(24,25)26)19(27)29-13-28-18-16-8-14-7-15(10-16)11-17(18)9-14/h14-18H,7-13H2,1-6H3/t14?,15?,16?,17?,18?,22-/m1/s1. The van der Waals surface area contributed by atoms with Crippen molar-refractivity contribution in [3.63, 3.8) is 0 Å². The molecular formula is C23H37F3O3. The third-order valence-corrected chi connectivity index (χ3v) is 7.50. The lowest BCUT2D eigenvalue weighted by molar-refractivity contribution is -0.275. The summed E-state index contributed by atoms with van der Waals surface area (Å²) in [5.74, 6) is 1.29. The molecule has 0 N–H and O–H groups in total. The number of halogens is 3. The van der Waals surface area contributed by atoms with Crippen LogP contribution in [0, 0.1) is 39.9 Å². The Hall–Kier alpha value is -0.780. The van der Waals surface area contributed by atoms with Crippen LogP contribution < -0.4 is 0 Å². The van der Waals surface area contributed by atoms with E-state index in [1.807, 2.05) is 0 Å². The Morgan fingerprint density at radius 3 is 1.72 bits per heavy atom. The van der Waals surface area contributed by atoms with Crippen molar-refractivity contribution in [3.05, 3.63) is 0 Å². The maximum absolute atomic E-state index is 14.3. The molecule has 4 aliphatic carbocycles. The summed E-state index contributed by atoms with van der Waals surface area (Å²) in [6, 6.07) is 0. The number of esters is 1. The lowest BCUT2D eigenvalue weighted by Gasteiger charge is -2.53. The van der Waals surface area contributed by atoms with Gasteiger partial charge in [0.15, 0.2) is 12.2 Å². The van der Waals surface area contributed by atoms with Crippen molar-refractivity contribution in [1.29, 1.82) is 0 Å². The second kappa shape index (κ2) is 7.42. The average molecular weight is 419 g/mol. The monoisotopic (exact) mass is 418 g/mol. The van der Waals surface area contributed by atoms with Gasteiger partial charge in [-0.3, -0.25) is 4.79 Å². The molecule has 168 valence electrons. The molecular weight excluding hydrogens is 381 g/mol. The fourth-order valence-electron chi connectivity index (χ4n) is 6.52. The fourth-order valence-corrected chi connectivity index (χ4v) is 6.52. The van der Waals surface area contributed by atoms with E-state index < -0.39 is 28.4 Å². The summed E-state index contributed by atoms with van der Waals surface area (Å²) in [4.78, 5) is 13.0. The van der Waals surface area contributed by atoms with E-state index in [0.29, 0.717) is 11.8 Å². The van der Waals surface area contributed by atoms with Gasteiger partial charge in [-0.15, -0.1) is 0 Å². The molecule has 4 bridgehead atoms. The Morgan fingerprint density at radius 2 is 1.34 bits per heavy atom. The Kier molecular flexibility index (Phi) is 5.86. The topological polar surface area (TPSA) is 35.5 Å². The van der Waals surface area contributed by atoms with E-state index in [1.165, 1.54) is 27.2 Å². The van der Waals surface area contributed by atoms with Crippen LogP contribution in [-0.2, 0) is 14.3 Å². The van der Waals surface area contributed by atoms with Crippen LogP contribution in [0.3, 0.4) is 0 Å². The largest absolute Gasteiger partial charge is 0.438 e. The molecule has 0 spiro atoms. The van der Waals surface area contributed by atoms with Gasteiger partial charge in [-0.25, -0.2) is 0 Å². The summed E-state index contributed by atoms with van der Waals surface area (Å²) < 4.78 is 54.1. The molecule has 0 aromatic heterocycles. The normalized spacial score (nSPS) is 34.2. The van der Waals surface area contributed by atoms with Gasteiger partial charge >= 0.3 is 12.1 Å². The van der Waals surface area contributed by atoms with Crippen LogP contribution in [0.1, 0.15) is 80.1 Å². The first-order valence-corrected chi connectivity index (χ1v) is 11.0. The molecule has 4 aliphatic rings. The van der Waals surface area contributed by atoms with Gasteiger partial charge in [-0.1, -0.05) is 41.5 Å². The molecule has 0 saturated heterocycles. The van der Waals surface area contributed by atoms with Gasteiger partial charge in [-0.05, 0) is 73.0 Å². The molecule has 1 atom stereocenters. The molecule has 0 heterocycles. The number of hydrogen-bond donors (Lipinski definition) is 0. The van der Waals surface area contributed by atoms with Gasteiger partial charge in [0.25, 0.3) is 0 Å². The van der Waals surface area contributed by atoms with Crippen LogP contribution in [0.25, 0.3) is 0 Å². The highest BCUT2D eigenvalue weighted by Crippen LogP contribution is 2.58. The van der Waals surface area contributed by atoms with Gasteiger partial charge in [0.1, 0.15) is 0 Å². The summed E-state index contributed by atoms with van der Waals surface area (Å²) in [6.45, 7) is 9.17. The molecule has 0 aromatic carbocycles. The van der Waals surface area contributed by atoms with E-state index in [2.05, 4.69) is 0 Å². The second-order valence-electron chi connectivity index (χ2n) is 12.0. The van der Waals surface area contributed by atoms with Crippen LogP contribution in [0.2, 0.25) is 0 Å². The Morgan fingerprint density at radius 1 is 0.862 bits per heavy atom. The maximum Gasteiger partial charge on any atom is 0.405 e. The van der Waals surface area contributed by atoms with Crippen molar-refractivity contribution in [2.75, 3.05) is 6.79 Å². The first kappa shape index (κ1) is 22.9. The van der Waals surface area contributed by atoms with Crippen LogP contribution in [0.4, 0.5) is 13.2 Å². The zero-order valence-electron chi connectivity index (χ0n) is 18.7. The zero-order chi connectivity index (χ0) is 21.8. The van der Waals surface area contributed by atoms with Crippen LogP contribution in [-0.4, -0.2) is 25.0 Å². The summed E-state index contributed by atoms with van der Waals surface area (Å²) in [7, 11) is 0. The molecule has 6 heteroatoms. The first-order valence-electron chi connectivity index (χ1n) is 11.0. The molecule has 3 nitrogen and oxygen atoms in total. The first-order chi connectivity index (χ1) is 13.1. The van der Waals surface area contributed by atoms with E-state index in [9.17, 15) is 18.0 Å². The fraction of sp³-hybridized carbons (Fsp3) is 0.957. The maximum atomic E-state index is 14.3. The SMILES string of the molecule is CC(C)(C)C[C@@](C(=O)OCOC1C2CC3CC(C2)CC1C3)(C(C)(C)C)C(F)(F)F. The molecule has 0 aromatic rings. The van der Waals surface area contributed by atoms with E-state index in [0.717, 1.165) is 37.5 Å². The highest BCUT2D eigenvalue weighted by molar-refractivity contribution is 5.79. The summed E-state index contributed by atoms with van der Waals surface area (Å²) in [6.07, 6.45) is 0.874. The summed E-state index contributed by atoms with van der Waals surface area (Å²) in [5.41, 5.74) is -4.60. The Bertz CT molecular complexity index is 570. The van der Waals surface area contributed by atoms with Crippen LogP contribution in [0.15, 0.2) is 0 Å². The lowest BCUT2D eigenvalue weighted by Crippen LogP contribution is -2.56. The number of hydrogen-bond acceptors (Lipinski definition) is 3. The summed E-state index contributed by atoms with van der Waals surface area (Å²) >= 11 is 0. The number of alkyl halides is 3. The third kappa shape index (κ3) is 4.33. The lowest BCUT2D eigenvalue weighted by atomic mass is 9.55. The minimum Gasteiger partial charge on any atom is -0.438 e. The Balaban J connectivity index is 1.70. The third-order valence-electron chi connectivity index (χ3n) is 7.50. The van der Waals surface area contributed by atoms with Gasteiger partial charge in [-0.2, -0.15) is 13.2 Å². The van der Waals surface area contributed by atoms with Gasteiger partial charge in [0.2, 0.25) is 0 Å². The molecule has 4 fully saturated rings. The molecule has 29 heavy (non-hydrogen) atoms. The molecule has 0 unspecified atom stereocenters. The van der Waals surface area contributed by atoms with Crippen molar-refractivity contribution < 1.29 is 27.4 Å². The molecule has 4 rings (SSSR count). The molecule has 4 saturated carbocycles. The number of carbonyl (C=O) groups excluding carboxylic acids is 1. The van der Waals surface area contributed by atoms with Crippen molar-refractivity contribution in [2.24, 2.45) is 39.9 Å². The predicted molar refractivity (Wildman–Crippen MR) is 105 cm³/mol. The molecule has 0 radical (unpaired) electrons. The highest BCUT2D eigenvalue weighted by Gasteiger charge is 2.68. The molecule has 0 aliphatic heterocycles. The van der Waals surface area contributed by atoms with Crippen LogP contribution in [0.5, 0.6) is 0 Å². The van der Waals surface area contributed by atoms with Crippen LogP contribution >= 0.6 is 0 Å². The highest BCUT2D eigenvalue weighted by atomic mass is 19.4. The van der Waals surface area contributed by atoms with Crippen molar-refractivity contribution in [1.82, 2.24) is 0 Å². The van der Waals surface area contributed by atoms with E-state index in [-0.39, 0.29) is 19.3 Å². The number of rotatable bonds is 5. The smallest absolute Gasteiger partial charge is 0.405 e. The quantitative estimate of drug-likeness (QED) is 0.385. The van der Waals surface area contributed by atoms with E-state index in [1.54, 1.807) is 20.8 Å². The van der Waals surface area contributed by atoms with Crippen molar-refractivity contribution in [2.45, 2.75) is 92.3 Å². The van der Waals surface area contributed by atoms with E-state index in [4.69, 9.17) is 9.47 Å². The Labute approximate surface area is 173 Å². The van der Waals surface area contributed by atoms with E-state index >= 15 is 0 Å². The zero-order valence-corrected chi connectivity index (χ0v) is 18.7. The van der Waals surface area contributed by atoms with Crippen molar-refractivity contribution in [3.8, 4) is 0 Å². The molecule has 0 amide bonds. The number of carbonyl (C=O) groups is 1. The minimum atomic E-state index is -4.71.